The molecule has 0 radical (unpaired) electrons. The Kier molecular flexibility index (Phi) is 7.09. The maximum Gasteiger partial charge on any atom is 0.220 e. The van der Waals surface area contributed by atoms with Gasteiger partial charge in [-0.1, -0.05) is 29.3 Å². The van der Waals surface area contributed by atoms with Crippen molar-refractivity contribution in [2.75, 3.05) is 20.1 Å². The molecule has 1 aromatic carbocycles. The van der Waals surface area contributed by atoms with Gasteiger partial charge in [-0.3, -0.25) is 4.79 Å². The van der Waals surface area contributed by atoms with Crippen molar-refractivity contribution in [2.45, 2.75) is 19.3 Å². The van der Waals surface area contributed by atoms with Crippen LogP contribution in [0.2, 0.25) is 10.0 Å². The Balaban J connectivity index is 2.31. The molecule has 0 aliphatic carbocycles. The molecule has 0 heterocycles. The Hall–Kier alpha value is -0.770. The van der Waals surface area contributed by atoms with Crippen LogP contribution in [0.4, 0.5) is 0 Å². The lowest BCUT2D eigenvalue weighted by atomic mass is 10.1. The number of amides is 1. The fourth-order valence-electron chi connectivity index (χ4n) is 1.61. The molecule has 0 aromatic heterocycles. The van der Waals surface area contributed by atoms with Gasteiger partial charge in [-0.05, 0) is 44.1 Å². The van der Waals surface area contributed by atoms with Gasteiger partial charge in [0, 0.05) is 23.0 Å². The molecule has 0 fully saturated rings. The summed E-state index contributed by atoms with van der Waals surface area (Å²) < 4.78 is 0. The smallest absolute Gasteiger partial charge is 0.220 e. The van der Waals surface area contributed by atoms with Crippen LogP contribution in [0.1, 0.15) is 18.4 Å². The van der Waals surface area contributed by atoms with Crippen LogP contribution in [-0.2, 0) is 11.2 Å². The molecule has 5 heteroatoms. The lowest BCUT2D eigenvalue weighted by molar-refractivity contribution is -0.121. The molecule has 0 bridgehead atoms. The zero-order valence-corrected chi connectivity index (χ0v) is 11.9. The number of benzene rings is 1. The molecular formula is C13H18Cl2N2O. The molecule has 3 nitrogen and oxygen atoms in total. The number of hydrogen-bond donors (Lipinski definition) is 2. The Morgan fingerprint density at radius 3 is 2.50 bits per heavy atom. The van der Waals surface area contributed by atoms with E-state index in [4.69, 9.17) is 23.2 Å². The minimum absolute atomic E-state index is 0.0634. The first kappa shape index (κ1) is 15.3. The van der Waals surface area contributed by atoms with E-state index in [1.54, 1.807) is 12.1 Å². The molecule has 1 rings (SSSR count). The van der Waals surface area contributed by atoms with Crippen molar-refractivity contribution in [2.24, 2.45) is 0 Å². The molecule has 0 spiro atoms. The molecule has 0 atom stereocenters. The standard InChI is InChI=1S/C13H18Cl2N2O/c1-16-8-3-6-13(18)17-9-7-10-11(14)4-2-5-12(10)15/h2,4-5,16H,3,6-9H2,1H3,(H,17,18). The predicted molar refractivity (Wildman–Crippen MR) is 76.3 cm³/mol. The first-order chi connectivity index (χ1) is 8.65. The average molecular weight is 289 g/mol. The van der Waals surface area contributed by atoms with Gasteiger partial charge in [0.2, 0.25) is 5.91 Å². The van der Waals surface area contributed by atoms with Crippen LogP contribution in [0.5, 0.6) is 0 Å². The van der Waals surface area contributed by atoms with Gasteiger partial charge in [0.25, 0.3) is 0 Å². The van der Waals surface area contributed by atoms with E-state index in [1.807, 2.05) is 13.1 Å². The molecule has 2 N–H and O–H groups in total. The number of halogens is 2. The van der Waals surface area contributed by atoms with E-state index in [0.29, 0.717) is 29.4 Å². The highest BCUT2D eigenvalue weighted by atomic mass is 35.5. The summed E-state index contributed by atoms with van der Waals surface area (Å²) in [5.41, 5.74) is 0.886. The molecule has 1 amide bonds. The van der Waals surface area contributed by atoms with E-state index in [-0.39, 0.29) is 5.91 Å². The maximum absolute atomic E-state index is 11.5. The quantitative estimate of drug-likeness (QED) is 0.758. The third kappa shape index (κ3) is 5.25. The molecule has 0 saturated carbocycles. The number of hydrogen-bond acceptors (Lipinski definition) is 2. The van der Waals surface area contributed by atoms with Gasteiger partial charge in [-0.25, -0.2) is 0 Å². The maximum atomic E-state index is 11.5. The molecule has 100 valence electrons. The monoisotopic (exact) mass is 288 g/mol. The molecular weight excluding hydrogens is 271 g/mol. The van der Waals surface area contributed by atoms with E-state index in [2.05, 4.69) is 10.6 Å². The third-order valence-corrected chi connectivity index (χ3v) is 3.30. The Bertz CT molecular complexity index is 376. The first-order valence-corrected chi connectivity index (χ1v) is 6.75. The fraction of sp³-hybridized carbons (Fsp3) is 0.462. The van der Waals surface area contributed by atoms with Gasteiger partial charge in [-0.2, -0.15) is 0 Å². The first-order valence-electron chi connectivity index (χ1n) is 5.99. The molecule has 0 saturated heterocycles. The lowest BCUT2D eigenvalue weighted by Gasteiger charge is -2.08. The van der Waals surface area contributed by atoms with Gasteiger partial charge >= 0.3 is 0 Å². The summed E-state index contributed by atoms with van der Waals surface area (Å²) in [5.74, 6) is 0.0634. The Morgan fingerprint density at radius 1 is 1.22 bits per heavy atom. The highest BCUT2D eigenvalue weighted by Crippen LogP contribution is 2.24. The third-order valence-electron chi connectivity index (χ3n) is 2.59. The second-order valence-corrected chi connectivity index (χ2v) is 4.82. The van der Waals surface area contributed by atoms with Gasteiger partial charge in [0.05, 0.1) is 0 Å². The second-order valence-electron chi connectivity index (χ2n) is 4.01. The van der Waals surface area contributed by atoms with Gasteiger partial charge in [-0.15, -0.1) is 0 Å². The molecule has 18 heavy (non-hydrogen) atoms. The van der Waals surface area contributed by atoms with Crippen molar-refractivity contribution in [3.05, 3.63) is 33.8 Å². The summed E-state index contributed by atoms with van der Waals surface area (Å²) in [4.78, 5) is 11.5. The molecule has 0 aliphatic rings. The van der Waals surface area contributed by atoms with Crippen molar-refractivity contribution in [1.82, 2.24) is 10.6 Å². The van der Waals surface area contributed by atoms with Gasteiger partial charge in [0.15, 0.2) is 0 Å². The van der Waals surface area contributed by atoms with Crippen molar-refractivity contribution in [3.63, 3.8) is 0 Å². The highest BCUT2D eigenvalue weighted by Gasteiger charge is 2.06. The lowest BCUT2D eigenvalue weighted by Crippen LogP contribution is -2.26. The molecule has 1 aromatic rings. The van der Waals surface area contributed by atoms with Crippen LogP contribution in [0.3, 0.4) is 0 Å². The summed E-state index contributed by atoms with van der Waals surface area (Å²) >= 11 is 12.1. The van der Waals surface area contributed by atoms with E-state index in [9.17, 15) is 4.79 Å². The highest BCUT2D eigenvalue weighted by molar-refractivity contribution is 6.35. The number of nitrogens with one attached hydrogen (secondary N) is 2. The SMILES string of the molecule is CNCCCC(=O)NCCc1c(Cl)cccc1Cl. The zero-order chi connectivity index (χ0) is 13.4. The summed E-state index contributed by atoms with van der Waals surface area (Å²) in [6.45, 7) is 1.41. The van der Waals surface area contributed by atoms with E-state index in [0.717, 1.165) is 18.5 Å². The van der Waals surface area contributed by atoms with Crippen molar-refractivity contribution in [3.8, 4) is 0 Å². The molecule has 0 unspecified atom stereocenters. The molecule has 0 aliphatic heterocycles. The topological polar surface area (TPSA) is 41.1 Å². The Labute approximate surface area is 118 Å². The average Bonchev–Trinajstić information content (AvgIpc) is 2.33. The fourth-order valence-corrected chi connectivity index (χ4v) is 2.20. The summed E-state index contributed by atoms with van der Waals surface area (Å²) in [6, 6.07) is 5.42. The zero-order valence-electron chi connectivity index (χ0n) is 10.4. The summed E-state index contributed by atoms with van der Waals surface area (Å²) in [6.07, 6.45) is 2.03. The van der Waals surface area contributed by atoms with Crippen molar-refractivity contribution in [1.29, 1.82) is 0 Å². The van der Waals surface area contributed by atoms with Gasteiger partial charge < -0.3 is 10.6 Å². The Morgan fingerprint density at radius 2 is 1.89 bits per heavy atom. The summed E-state index contributed by atoms with van der Waals surface area (Å²) in [5, 5.41) is 7.16. The second kappa shape index (κ2) is 8.35. The van der Waals surface area contributed by atoms with Crippen LogP contribution >= 0.6 is 23.2 Å². The van der Waals surface area contributed by atoms with Crippen LogP contribution < -0.4 is 10.6 Å². The van der Waals surface area contributed by atoms with Crippen molar-refractivity contribution >= 4 is 29.1 Å². The van der Waals surface area contributed by atoms with E-state index >= 15 is 0 Å². The van der Waals surface area contributed by atoms with Crippen LogP contribution in [0.25, 0.3) is 0 Å². The summed E-state index contributed by atoms with van der Waals surface area (Å²) in [7, 11) is 1.87. The number of rotatable bonds is 7. The van der Waals surface area contributed by atoms with Crippen LogP contribution in [-0.4, -0.2) is 26.0 Å². The number of carbonyl (C=O) groups is 1. The minimum atomic E-state index is 0.0634. The predicted octanol–water partition coefficient (Wildman–Crippen LogP) is 2.65. The van der Waals surface area contributed by atoms with Crippen molar-refractivity contribution < 1.29 is 4.79 Å². The normalized spacial score (nSPS) is 10.4. The van der Waals surface area contributed by atoms with Crippen LogP contribution in [0.15, 0.2) is 18.2 Å². The minimum Gasteiger partial charge on any atom is -0.356 e. The number of carbonyl (C=O) groups excluding carboxylic acids is 1. The van der Waals surface area contributed by atoms with Crippen LogP contribution in [0, 0.1) is 0 Å². The van der Waals surface area contributed by atoms with Gasteiger partial charge in [0.1, 0.15) is 0 Å². The van der Waals surface area contributed by atoms with E-state index in [1.165, 1.54) is 0 Å². The van der Waals surface area contributed by atoms with E-state index < -0.39 is 0 Å². The largest absolute Gasteiger partial charge is 0.356 e.